The van der Waals surface area contributed by atoms with Gasteiger partial charge < -0.3 is 10.2 Å². The zero-order chi connectivity index (χ0) is 17.1. The number of amides is 2. The van der Waals surface area contributed by atoms with Crippen molar-refractivity contribution in [1.29, 1.82) is 0 Å². The van der Waals surface area contributed by atoms with Crippen LogP contribution in [0.5, 0.6) is 0 Å². The number of primary amides is 1. The van der Waals surface area contributed by atoms with Crippen molar-refractivity contribution in [3.05, 3.63) is 59.0 Å². The molecule has 24 heavy (non-hydrogen) atoms. The number of hydrogen-bond acceptors (Lipinski definition) is 5. The molecule has 0 aliphatic rings. The summed E-state index contributed by atoms with van der Waals surface area (Å²) in [4.78, 5) is 27.1. The minimum absolute atomic E-state index is 0.00452. The number of carbonyl (C=O) groups excluding carboxylic acids is 2. The van der Waals surface area contributed by atoms with Gasteiger partial charge in [-0.1, -0.05) is 12.1 Å². The van der Waals surface area contributed by atoms with E-state index in [-0.39, 0.29) is 23.5 Å². The highest BCUT2D eigenvalue weighted by Crippen LogP contribution is 2.25. The Labute approximate surface area is 140 Å². The average molecular weight is 345 g/mol. The number of nitrogens with zero attached hydrogens (tertiary/aromatic N) is 1. The Bertz CT molecular complexity index is 903. The molecule has 0 saturated heterocycles. The van der Waals surface area contributed by atoms with E-state index in [1.54, 1.807) is 23.6 Å². The molecule has 0 unspecified atom stereocenters. The van der Waals surface area contributed by atoms with E-state index < -0.39 is 17.6 Å². The standard InChI is InChI=1S/C16H12FN3O3S/c17-11-4-2-1-3-10(11)12-5-6-13(23-12)15(22)20-16-19-9(8-24-16)7-14(18)21/h1-6,8H,7H2,(H2,18,21)(H,19,20,22). The van der Waals surface area contributed by atoms with Crippen LogP contribution in [0.25, 0.3) is 11.3 Å². The molecule has 8 heteroatoms. The normalized spacial score (nSPS) is 10.5. The zero-order valence-electron chi connectivity index (χ0n) is 12.3. The second-order valence-electron chi connectivity index (χ2n) is 4.88. The van der Waals surface area contributed by atoms with Gasteiger partial charge in [0.2, 0.25) is 5.91 Å². The number of hydrogen-bond donors (Lipinski definition) is 2. The monoisotopic (exact) mass is 345 g/mol. The van der Waals surface area contributed by atoms with Gasteiger partial charge in [0.15, 0.2) is 10.9 Å². The summed E-state index contributed by atoms with van der Waals surface area (Å²) < 4.78 is 19.1. The van der Waals surface area contributed by atoms with E-state index in [2.05, 4.69) is 10.3 Å². The fourth-order valence-electron chi connectivity index (χ4n) is 2.05. The summed E-state index contributed by atoms with van der Waals surface area (Å²) in [5.41, 5.74) is 5.84. The quantitative estimate of drug-likeness (QED) is 0.743. The maximum Gasteiger partial charge on any atom is 0.293 e. The number of carbonyl (C=O) groups is 2. The van der Waals surface area contributed by atoms with Crippen LogP contribution >= 0.6 is 11.3 Å². The van der Waals surface area contributed by atoms with Crippen LogP contribution in [-0.2, 0) is 11.2 Å². The highest BCUT2D eigenvalue weighted by Gasteiger charge is 2.16. The SMILES string of the molecule is NC(=O)Cc1csc(NC(=O)c2ccc(-c3ccccc3F)o2)n1. The molecular weight excluding hydrogens is 333 g/mol. The van der Waals surface area contributed by atoms with Gasteiger partial charge in [0.25, 0.3) is 5.91 Å². The van der Waals surface area contributed by atoms with Gasteiger partial charge in [0.1, 0.15) is 11.6 Å². The molecule has 3 aromatic rings. The van der Waals surface area contributed by atoms with Crippen LogP contribution in [0.2, 0.25) is 0 Å². The van der Waals surface area contributed by atoms with Crippen molar-refractivity contribution in [3.8, 4) is 11.3 Å². The number of thiazole rings is 1. The van der Waals surface area contributed by atoms with E-state index in [9.17, 15) is 14.0 Å². The van der Waals surface area contributed by atoms with Gasteiger partial charge in [-0.3, -0.25) is 14.9 Å². The minimum Gasteiger partial charge on any atom is -0.451 e. The Morgan fingerprint density at radius 2 is 2.04 bits per heavy atom. The van der Waals surface area contributed by atoms with Crippen LogP contribution < -0.4 is 11.1 Å². The molecule has 6 nitrogen and oxygen atoms in total. The fraction of sp³-hybridized carbons (Fsp3) is 0.0625. The summed E-state index contributed by atoms with van der Waals surface area (Å²) in [7, 11) is 0. The molecule has 2 aromatic heterocycles. The molecule has 0 radical (unpaired) electrons. The Morgan fingerprint density at radius 1 is 1.25 bits per heavy atom. The van der Waals surface area contributed by atoms with Gasteiger partial charge in [-0.05, 0) is 24.3 Å². The first-order valence-corrected chi connectivity index (χ1v) is 7.79. The lowest BCUT2D eigenvalue weighted by atomic mass is 10.1. The largest absolute Gasteiger partial charge is 0.451 e. The lowest BCUT2D eigenvalue weighted by Crippen LogP contribution is -2.14. The van der Waals surface area contributed by atoms with Gasteiger partial charge in [0, 0.05) is 5.38 Å². The molecule has 0 bridgehead atoms. The van der Waals surface area contributed by atoms with Gasteiger partial charge in [-0.15, -0.1) is 11.3 Å². The number of anilines is 1. The first kappa shape index (κ1) is 15.9. The van der Waals surface area contributed by atoms with E-state index in [4.69, 9.17) is 10.2 Å². The van der Waals surface area contributed by atoms with Crippen LogP contribution in [0.3, 0.4) is 0 Å². The maximum absolute atomic E-state index is 13.7. The summed E-state index contributed by atoms with van der Waals surface area (Å²) in [6.07, 6.45) is 0.00452. The molecule has 0 saturated carbocycles. The van der Waals surface area contributed by atoms with Crippen molar-refractivity contribution in [2.75, 3.05) is 5.32 Å². The van der Waals surface area contributed by atoms with Crippen LogP contribution in [0.1, 0.15) is 16.2 Å². The number of rotatable bonds is 5. The summed E-state index contributed by atoms with van der Waals surface area (Å²) in [6, 6.07) is 9.10. The van der Waals surface area contributed by atoms with Crippen molar-refractivity contribution < 1.29 is 18.4 Å². The zero-order valence-corrected chi connectivity index (χ0v) is 13.1. The Hall–Kier alpha value is -3.00. The summed E-state index contributed by atoms with van der Waals surface area (Å²) in [5.74, 6) is -1.17. The van der Waals surface area contributed by atoms with Gasteiger partial charge in [-0.25, -0.2) is 9.37 Å². The molecule has 3 N–H and O–H groups in total. The van der Waals surface area contributed by atoms with Gasteiger partial charge in [0.05, 0.1) is 17.7 Å². The fourth-order valence-corrected chi connectivity index (χ4v) is 2.75. The molecule has 0 fully saturated rings. The third-order valence-electron chi connectivity index (χ3n) is 3.10. The topological polar surface area (TPSA) is 98.2 Å². The van der Waals surface area contributed by atoms with Crippen molar-refractivity contribution >= 4 is 28.3 Å². The number of nitrogens with one attached hydrogen (secondary N) is 1. The molecule has 0 aliphatic carbocycles. The average Bonchev–Trinajstić information content (AvgIpc) is 3.17. The number of benzene rings is 1. The van der Waals surface area contributed by atoms with Gasteiger partial charge in [-0.2, -0.15) is 0 Å². The molecule has 1 aromatic carbocycles. The Kier molecular flexibility index (Phi) is 4.39. The highest BCUT2D eigenvalue weighted by molar-refractivity contribution is 7.14. The number of halogens is 1. The van der Waals surface area contributed by atoms with Gasteiger partial charge >= 0.3 is 0 Å². The number of nitrogens with two attached hydrogens (primary N) is 1. The highest BCUT2D eigenvalue weighted by atomic mass is 32.1. The maximum atomic E-state index is 13.7. The van der Waals surface area contributed by atoms with Crippen molar-refractivity contribution in [1.82, 2.24) is 4.98 Å². The van der Waals surface area contributed by atoms with Crippen molar-refractivity contribution in [3.63, 3.8) is 0 Å². The first-order chi connectivity index (χ1) is 11.5. The lowest BCUT2D eigenvalue weighted by Gasteiger charge is -2.00. The van der Waals surface area contributed by atoms with Crippen LogP contribution in [-0.4, -0.2) is 16.8 Å². The third-order valence-corrected chi connectivity index (χ3v) is 3.90. The Morgan fingerprint density at radius 3 is 2.79 bits per heavy atom. The second kappa shape index (κ2) is 6.63. The molecule has 0 aliphatic heterocycles. The molecule has 3 rings (SSSR count). The van der Waals surface area contributed by atoms with Crippen molar-refractivity contribution in [2.45, 2.75) is 6.42 Å². The summed E-state index contributed by atoms with van der Waals surface area (Å²) in [6.45, 7) is 0. The minimum atomic E-state index is -0.516. The van der Waals surface area contributed by atoms with E-state index >= 15 is 0 Å². The molecule has 0 atom stereocenters. The third kappa shape index (κ3) is 3.49. The van der Waals surface area contributed by atoms with E-state index in [0.717, 1.165) is 0 Å². The van der Waals surface area contributed by atoms with E-state index in [1.807, 2.05) is 0 Å². The predicted octanol–water partition coefficient (Wildman–Crippen LogP) is 2.82. The number of aromatic nitrogens is 1. The molecule has 2 heterocycles. The Balaban J connectivity index is 1.73. The van der Waals surface area contributed by atoms with Crippen LogP contribution in [0.4, 0.5) is 9.52 Å². The lowest BCUT2D eigenvalue weighted by molar-refractivity contribution is -0.117. The second-order valence-corrected chi connectivity index (χ2v) is 5.74. The van der Waals surface area contributed by atoms with Crippen molar-refractivity contribution in [2.24, 2.45) is 5.73 Å². The predicted molar refractivity (Wildman–Crippen MR) is 87.1 cm³/mol. The van der Waals surface area contributed by atoms with Crippen LogP contribution in [0, 0.1) is 5.82 Å². The smallest absolute Gasteiger partial charge is 0.293 e. The molecule has 2 amide bonds. The molecule has 0 spiro atoms. The van der Waals surface area contributed by atoms with E-state index in [1.165, 1.54) is 29.5 Å². The summed E-state index contributed by atoms with van der Waals surface area (Å²) >= 11 is 1.17. The summed E-state index contributed by atoms with van der Waals surface area (Å²) in [5, 5.41) is 4.51. The molecule has 122 valence electrons. The first-order valence-electron chi connectivity index (χ1n) is 6.92. The molecular formula is C16H12FN3O3S. The van der Waals surface area contributed by atoms with Crippen LogP contribution in [0.15, 0.2) is 46.2 Å². The van der Waals surface area contributed by atoms with E-state index in [0.29, 0.717) is 10.8 Å². The number of furan rings is 1.